The zero-order chi connectivity index (χ0) is 18.4. The lowest BCUT2D eigenvalue weighted by Gasteiger charge is -2.25. The number of carbonyl (C=O) groups excluding carboxylic acids is 2. The topological polar surface area (TPSA) is 104 Å². The van der Waals surface area contributed by atoms with Crippen LogP contribution in [0.4, 0.5) is 0 Å². The molecule has 0 atom stereocenters. The molecular weight excluding hydrogens is 334 g/mol. The van der Waals surface area contributed by atoms with Crippen molar-refractivity contribution < 1.29 is 9.59 Å². The summed E-state index contributed by atoms with van der Waals surface area (Å²) in [6.45, 7) is 3.83. The number of carbonyl (C=O) groups is 2. The first kappa shape index (κ1) is 17.8. The molecule has 0 radical (unpaired) electrons. The van der Waals surface area contributed by atoms with E-state index in [2.05, 4.69) is 25.8 Å². The van der Waals surface area contributed by atoms with Gasteiger partial charge in [0, 0.05) is 38.7 Å². The minimum absolute atomic E-state index is 0.0973. The third kappa shape index (κ3) is 4.16. The lowest BCUT2D eigenvalue weighted by molar-refractivity contribution is -0.147. The molecule has 2 aromatic rings. The molecule has 3 heterocycles. The molecule has 138 valence electrons. The van der Waals surface area contributed by atoms with E-state index in [0.717, 1.165) is 11.5 Å². The summed E-state index contributed by atoms with van der Waals surface area (Å²) in [5.41, 5.74) is 0.776. The molecular formula is C17H23N7O2. The molecule has 2 aromatic heterocycles. The van der Waals surface area contributed by atoms with Crippen LogP contribution in [0.3, 0.4) is 0 Å². The Bertz CT molecular complexity index is 798. The number of imide groups is 1. The van der Waals surface area contributed by atoms with Crippen molar-refractivity contribution in [2.45, 2.75) is 32.7 Å². The van der Waals surface area contributed by atoms with Gasteiger partial charge in [0.25, 0.3) is 0 Å². The summed E-state index contributed by atoms with van der Waals surface area (Å²) < 4.78 is 1.89. The highest BCUT2D eigenvalue weighted by Gasteiger charge is 2.25. The number of pyridine rings is 1. The number of fused-ring (bicyclic) bond motifs is 1. The Morgan fingerprint density at radius 3 is 2.77 bits per heavy atom. The molecule has 9 heteroatoms. The molecule has 2 N–H and O–H groups in total. The van der Waals surface area contributed by atoms with Gasteiger partial charge in [-0.25, -0.2) is 4.99 Å². The molecule has 3 rings (SSSR count). The monoisotopic (exact) mass is 357 g/mol. The van der Waals surface area contributed by atoms with Crippen molar-refractivity contribution in [3.63, 3.8) is 0 Å². The van der Waals surface area contributed by atoms with Crippen LogP contribution in [0.25, 0.3) is 5.65 Å². The van der Waals surface area contributed by atoms with Crippen molar-refractivity contribution in [2.75, 3.05) is 19.6 Å². The van der Waals surface area contributed by atoms with Gasteiger partial charge in [0.05, 0.1) is 0 Å². The molecule has 26 heavy (non-hydrogen) atoms. The number of piperidine rings is 1. The summed E-state index contributed by atoms with van der Waals surface area (Å²) in [7, 11) is 0. The highest BCUT2D eigenvalue weighted by Crippen LogP contribution is 2.11. The molecule has 2 amide bonds. The van der Waals surface area contributed by atoms with Crippen LogP contribution in [0.1, 0.15) is 32.0 Å². The largest absolute Gasteiger partial charge is 0.357 e. The second-order valence-electron chi connectivity index (χ2n) is 5.96. The summed E-state index contributed by atoms with van der Waals surface area (Å²) in [5, 5.41) is 14.6. The van der Waals surface area contributed by atoms with Gasteiger partial charge >= 0.3 is 0 Å². The van der Waals surface area contributed by atoms with Crippen molar-refractivity contribution in [1.29, 1.82) is 0 Å². The standard InChI is InChI=1S/C17H23N7O2/c1-2-18-17(19-9-11-24-15(25)7-5-8-16(24)26)20-12-14-22-21-13-6-3-4-10-23(13)14/h3-4,6,10H,2,5,7-9,11-12H2,1H3,(H2,18,19,20). The summed E-state index contributed by atoms with van der Waals surface area (Å²) >= 11 is 0. The van der Waals surface area contributed by atoms with Gasteiger partial charge in [0.1, 0.15) is 6.54 Å². The maximum absolute atomic E-state index is 11.8. The first-order chi connectivity index (χ1) is 12.7. The van der Waals surface area contributed by atoms with Gasteiger partial charge in [-0.2, -0.15) is 0 Å². The van der Waals surface area contributed by atoms with E-state index in [4.69, 9.17) is 0 Å². The Balaban J connectivity index is 1.58. The average Bonchev–Trinajstić information content (AvgIpc) is 3.05. The van der Waals surface area contributed by atoms with Crippen molar-refractivity contribution in [3.05, 3.63) is 30.2 Å². The summed E-state index contributed by atoms with van der Waals surface area (Å²) in [4.78, 5) is 29.5. The van der Waals surface area contributed by atoms with Crippen LogP contribution in [-0.4, -0.2) is 56.9 Å². The number of amides is 2. The molecule has 1 aliphatic heterocycles. The smallest absolute Gasteiger partial charge is 0.229 e. The lowest BCUT2D eigenvalue weighted by atomic mass is 10.1. The Labute approximate surface area is 151 Å². The number of nitrogens with zero attached hydrogens (tertiary/aromatic N) is 5. The summed E-state index contributed by atoms with van der Waals surface area (Å²) in [5.74, 6) is 1.15. The van der Waals surface area contributed by atoms with E-state index >= 15 is 0 Å². The van der Waals surface area contributed by atoms with Gasteiger partial charge in [-0.05, 0) is 25.5 Å². The van der Waals surface area contributed by atoms with Gasteiger partial charge in [0.15, 0.2) is 17.4 Å². The van der Waals surface area contributed by atoms with Gasteiger partial charge in [-0.1, -0.05) is 6.07 Å². The first-order valence-electron chi connectivity index (χ1n) is 8.83. The van der Waals surface area contributed by atoms with Crippen molar-refractivity contribution >= 4 is 23.4 Å². The quantitative estimate of drug-likeness (QED) is 0.438. The molecule has 0 spiro atoms. The van der Waals surface area contributed by atoms with E-state index in [9.17, 15) is 9.59 Å². The second-order valence-corrected chi connectivity index (χ2v) is 5.96. The Kier molecular flexibility index (Phi) is 5.77. The fourth-order valence-electron chi connectivity index (χ4n) is 2.83. The van der Waals surface area contributed by atoms with Crippen LogP contribution < -0.4 is 10.6 Å². The van der Waals surface area contributed by atoms with E-state index in [0.29, 0.717) is 51.4 Å². The third-order valence-corrected chi connectivity index (χ3v) is 4.12. The van der Waals surface area contributed by atoms with Crippen LogP contribution in [0, 0.1) is 0 Å². The highest BCUT2D eigenvalue weighted by molar-refractivity contribution is 5.97. The van der Waals surface area contributed by atoms with E-state index in [1.54, 1.807) is 0 Å². The molecule has 1 fully saturated rings. The number of hydrogen-bond donors (Lipinski definition) is 2. The first-order valence-corrected chi connectivity index (χ1v) is 8.83. The molecule has 1 saturated heterocycles. The number of rotatable bonds is 6. The molecule has 9 nitrogen and oxygen atoms in total. The van der Waals surface area contributed by atoms with Gasteiger partial charge in [-0.15, -0.1) is 10.2 Å². The number of guanidine groups is 1. The van der Waals surface area contributed by atoms with Crippen LogP contribution >= 0.6 is 0 Å². The lowest BCUT2D eigenvalue weighted by Crippen LogP contribution is -2.46. The molecule has 1 aliphatic rings. The second kappa shape index (κ2) is 8.41. The number of hydrogen-bond acceptors (Lipinski definition) is 5. The Morgan fingerprint density at radius 2 is 2.00 bits per heavy atom. The predicted molar refractivity (Wildman–Crippen MR) is 96.4 cm³/mol. The minimum atomic E-state index is -0.0973. The van der Waals surface area contributed by atoms with Gasteiger partial charge in [-0.3, -0.25) is 18.9 Å². The minimum Gasteiger partial charge on any atom is -0.357 e. The van der Waals surface area contributed by atoms with Crippen LogP contribution in [0.15, 0.2) is 29.4 Å². The average molecular weight is 357 g/mol. The van der Waals surface area contributed by atoms with Gasteiger partial charge in [0.2, 0.25) is 11.8 Å². The maximum Gasteiger partial charge on any atom is 0.229 e. The van der Waals surface area contributed by atoms with Crippen molar-refractivity contribution in [1.82, 2.24) is 30.1 Å². The molecule has 0 unspecified atom stereocenters. The third-order valence-electron chi connectivity index (χ3n) is 4.12. The maximum atomic E-state index is 11.8. The van der Waals surface area contributed by atoms with Crippen molar-refractivity contribution in [2.24, 2.45) is 4.99 Å². The normalized spacial score (nSPS) is 15.6. The zero-order valence-corrected chi connectivity index (χ0v) is 14.8. The summed E-state index contributed by atoms with van der Waals surface area (Å²) in [6, 6.07) is 5.71. The predicted octanol–water partition coefficient (Wildman–Crippen LogP) is 0.324. The number of aliphatic imine (C=N–C) groups is 1. The van der Waals surface area contributed by atoms with E-state index in [1.807, 2.05) is 35.7 Å². The van der Waals surface area contributed by atoms with Crippen molar-refractivity contribution in [3.8, 4) is 0 Å². The molecule has 0 aliphatic carbocycles. The molecule has 0 saturated carbocycles. The van der Waals surface area contributed by atoms with E-state index in [-0.39, 0.29) is 11.8 Å². The van der Waals surface area contributed by atoms with Crippen LogP contribution in [0.2, 0.25) is 0 Å². The summed E-state index contributed by atoms with van der Waals surface area (Å²) in [6.07, 6.45) is 3.44. The fourth-order valence-corrected chi connectivity index (χ4v) is 2.83. The number of aromatic nitrogens is 3. The Hall–Kier alpha value is -2.97. The Morgan fingerprint density at radius 1 is 1.19 bits per heavy atom. The van der Waals surface area contributed by atoms with E-state index < -0.39 is 0 Å². The number of likely N-dealkylation sites (tertiary alicyclic amines) is 1. The van der Waals surface area contributed by atoms with Crippen LogP contribution in [-0.2, 0) is 16.1 Å². The fraction of sp³-hybridized carbons (Fsp3) is 0.471. The SMILES string of the molecule is CCNC(=NCc1nnc2ccccn12)NCCN1C(=O)CCCC1=O. The number of nitrogens with one attached hydrogen (secondary N) is 2. The zero-order valence-electron chi connectivity index (χ0n) is 14.8. The molecule has 0 aromatic carbocycles. The molecule has 0 bridgehead atoms. The van der Waals surface area contributed by atoms with Gasteiger partial charge < -0.3 is 10.6 Å². The highest BCUT2D eigenvalue weighted by atomic mass is 16.2. The van der Waals surface area contributed by atoms with Crippen LogP contribution in [0.5, 0.6) is 0 Å². The van der Waals surface area contributed by atoms with E-state index in [1.165, 1.54) is 4.90 Å².